The lowest BCUT2D eigenvalue weighted by atomic mass is 10.0. The van der Waals surface area contributed by atoms with Gasteiger partial charge in [-0.2, -0.15) is 0 Å². The van der Waals surface area contributed by atoms with Crippen molar-refractivity contribution in [1.82, 2.24) is 9.71 Å². The molecule has 0 aliphatic heterocycles. The number of aryl methyl sites for hydroxylation is 1. The van der Waals surface area contributed by atoms with Gasteiger partial charge in [0.25, 0.3) is 0 Å². The number of hydrogen-bond donors (Lipinski definition) is 1. The van der Waals surface area contributed by atoms with Crippen molar-refractivity contribution in [3.05, 3.63) is 89.4 Å². The molecule has 0 unspecified atom stereocenters. The highest BCUT2D eigenvalue weighted by atomic mass is 32.2. The maximum Gasteiger partial charge on any atom is 0.216 e. The fraction of sp³-hybridized carbons (Fsp3) is 0.150. The summed E-state index contributed by atoms with van der Waals surface area (Å²) in [6.07, 6.45) is 1.68. The van der Waals surface area contributed by atoms with Crippen LogP contribution in [0.4, 0.5) is 4.39 Å². The molecule has 1 heterocycles. The molecule has 26 heavy (non-hydrogen) atoms. The molecule has 4 nitrogen and oxygen atoms in total. The van der Waals surface area contributed by atoms with Gasteiger partial charge in [-0.1, -0.05) is 48.0 Å². The molecule has 2 aromatic carbocycles. The predicted molar refractivity (Wildman–Crippen MR) is 100 cm³/mol. The van der Waals surface area contributed by atoms with Gasteiger partial charge < -0.3 is 0 Å². The fourth-order valence-corrected chi connectivity index (χ4v) is 3.73. The van der Waals surface area contributed by atoms with E-state index in [-0.39, 0.29) is 12.3 Å². The number of nitrogens with zero attached hydrogens (tertiary/aromatic N) is 1. The van der Waals surface area contributed by atoms with Gasteiger partial charge in [0.2, 0.25) is 10.0 Å². The van der Waals surface area contributed by atoms with E-state index in [1.807, 2.05) is 37.3 Å². The Morgan fingerprint density at radius 3 is 2.54 bits per heavy atom. The number of benzene rings is 2. The number of rotatable bonds is 6. The molecule has 1 aromatic heterocycles. The summed E-state index contributed by atoms with van der Waals surface area (Å²) in [5.41, 5.74) is 3.99. The first kappa shape index (κ1) is 18.2. The molecule has 0 atom stereocenters. The molecule has 0 fully saturated rings. The van der Waals surface area contributed by atoms with Crippen molar-refractivity contribution in [3.63, 3.8) is 0 Å². The van der Waals surface area contributed by atoms with Crippen LogP contribution < -0.4 is 4.72 Å². The average Bonchev–Trinajstić information content (AvgIpc) is 2.61. The standard InChI is InChI=1S/C20H19FN2O2S/c1-15-7-9-17(10-8-15)20-18(5-3-11-22-20)13-23-26(24,25)14-16-4-2-6-19(21)12-16/h2-12,23H,13-14H2,1H3. The smallest absolute Gasteiger partial charge is 0.216 e. The second-order valence-corrected chi connectivity index (χ2v) is 7.89. The minimum absolute atomic E-state index is 0.120. The molecule has 6 heteroatoms. The number of sulfonamides is 1. The topological polar surface area (TPSA) is 59.1 Å². The summed E-state index contributed by atoms with van der Waals surface area (Å²) >= 11 is 0. The molecule has 0 bridgehead atoms. The lowest BCUT2D eigenvalue weighted by Gasteiger charge is -2.11. The van der Waals surface area contributed by atoms with Crippen LogP contribution in [0.5, 0.6) is 0 Å². The van der Waals surface area contributed by atoms with Crippen molar-refractivity contribution in [3.8, 4) is 11.3 Å². The van der Waals surface area contributed by atoms with E-state index in [1.165, 1.54) is 18.2 Å². The molecule has 0 saturated heterocycles. The highest BCUT2D eigenvalue weighted by Crippen LogP contribution is 2.21. The van der Waals surface area contributed by atoms with Gasteiger partial charge in [0, 0.05) is 18.3 Å². The van der Waals surface area contributed by atoms with Gasteiger partial charge in [-0.05, 0) is 36.2 Å². The molecule has 0 radical (unpaired) electrons. The van der Waals surface area contributed by atoms with Crippen molar-refractivity contribution < 1.29 is 12.8 Å². The second-order valence-electron chi connectivity index (χ2n) is 6.09. The van der Waals surface area contributed by atoms with Crippen molar-refractivity contribution in [2.45, 2.75) is 19.2 Å². The van der Waals surface area contributed by atoms with Crippen LogP contribution in [0.15, 0.2) is 66.9 Å². The van der Waals surface area contributed by atoms with Gasteiger partial charge in [0.15, 0.2) is 0 Å². The van der Waals surface area contributed by atoms with E-state index in [2.05, 4.69) is 9.71 Å². The summed E-state index contributed by atoms with van der Waals surface area (Å²) in [6.45, 7) is 2.12. The Balaban J connectivity index is 1.76. The molecule has 0 spiro atoms. The molecule has 0 aliphatic rings. The molecular formula is C20H19FN2O2S. The zero-order valence-electron chi connectivity index (χ0n) is 14.3. The maximum absolute atomic E-state index is 13.2. The number of aromatic nitrogens is 1. The van der Waals surface area contributed by atoms with Gasteiger partial charge in [0.05, 0.1) is 11.4 Å². The van der Waals surface area contributed by atoms with Crippen molar-refractivity contribution >= 4 is 10.0 Å². The maximum atomic E-state index is 13.2. The van der Waals surface area contributed by atoms with E-state index in [4.69, 9.17) is 0 Å². The third kappa shape index (κ3) is 4.74. The molecule has 0 aliphatic carbocycles. The highest BCUT2D eigenvalue weighted by Gasteiger charge is 2.14. The molecule has 134 valence electrons. The molecule has 3 rings (SSSR count). The summed E-state index contributed by atoms with van der Waals surface area (Å²) in [5.74, 6) is -0.725. The van der Waals surface area contributed by atoms with E-state index < -0.39 is 15.8 Å². The summed E-state index contributed by atoms with van der Waals surface area (Å²) in [6, 6.07) is 17.1. The van der Waals surface area contributed by atoms with Crippen LogP contribution >= 0.6 is 0 Å². The highest BCUT2D eigenvalue weighted by molar-refractivity contribution is 7.88. The van der Waals surface area contributed by atoms with Crippen molar-refractivity contribution in [2.24, 2.45) is 0 Å². The zero-order chi connectivity index (χ0) is 18.6. The van der Waals surface area contributed by atoms with Crippen LogP contribution in [-0.4, -0.2) is 13.4 Å². The zero-order valence-corrected chi connectivity index (χ0v) is 15.1. The summed E-state index contributed by atoms with van der Waals surface area (Å²) < 4.78 is 40.5. The van der Waals surface area contributed by atoms with Crippen LogP contribution in [-0.2, 0) is 22.3 Å². The third-order valence-corrected chi connectivity index (χ3v) is 5.24. The summed E-state index contributed by atoms with van der Waals surface area (Å²) in [7, 11) is -3.60. The number of nitrogens with one attached hydrogen (secondary N) is 1. The minimum atomic E-state index is -3.60. The largest absolute Gasteiger partial charge is 0.256 e. The minimum Gasteiger partial charge on any atom is -0.256 e. The van der Waals surface area contributed by atoms with Crippen molar-refractivity contribution in [1.29, 1.82) is 0 Å². The number of pyridine rings is 1. The first-order chi connectivity index (χ1) is 12.4. The van der Waals surface area contributed by atoms with E-state index in [1.54, 1.807) is 18.3 Å². The quantitative estimate of drug-likeness (QED) is 0.718. The molecule has 3 aromatic rings. The Bertz CT molecular complexity index is 1000. The first-order valence-electron chi connectivity index (χ1n) is 8.16. The number of halogens is 1. The SMILES string of the molecule is Cc1ccc(-c2ncccc2CNS(=O)(=O)Cc2cccc(F)c2)cc1. The predicted octanol–water partition coefficient (Wildman–Crippen LogP) is 3.82. The molecular weight excluding hydrogens is 351 g/mol. The summed E-state index contributed by atoms with van der Waals surface area (Å²) in [4.78, 5) is 4.39. The van der Waals surface area contributed by atoms with Crippen LogP contribution in [0.1, 0.15) is 16.7 Å². The van der Waals surface area contributed by atoms with Crippen LogP contribution in [0.2, 0.25) is 0 Å². The lowest BCUT2D eigenvalue weighted by molar-refractivity contribution is 0.580. The Labute approximate surface area is 152 Å². The van der Waals surface area contributed by atoms with Gasteiger partial charge in [0.1, 0.15) is 5.82 Å². The van der Waals surface area contributed by atoms with E-state index >= 15 is 0 Å². The molecule has 1 N–H and O–H groups in total. The van der Waals surface area contributed by atoms with Gasteiger partial charge >= 0.3 is 0 Å². The average molecular weight is 370 g/mol. The Morgan fingerprint density at radius 2 is 1.81 bits per heavy atom. The molecule has 0 saturated carbocycles. The number of hydrogen-bond acceptors (Lipinski definition) is 3. The van der Waals surface area contributed by atoms with Gasteiger partial charge in [-0.25, -0.2) is 17.5 Å². The lowest BCUT2D eigenvalue weighted by Crippen LogP contribution is -2.25. The Hall–Kier alpha value is -2.57. The molecule has 0 amide bonds. The Morgan fingerprint density at radius 1 is 1.04 bits per heavy atom. The fourth-order valence-electron chi connectivity index (χ4n) is 2.64. The summed E-state index contributed by atoms with van der Waals surface area (Å²) in [5, 5.41) is 0. The van der Waals surface area contributed by atoms with E-state index in [0.717, 1.165) is 22.4 Å². The van der Waals surface area contributed by atoms with Gasteiger partial charge in [-0.3, -0.25) is 4.98 Å². The van der Waals surface area contributed by atoms with Crippen LogP contribution in [0, 0.1) is 12.7 Å². The van der Waals surface area contributed by atoms with E-state index in [0.29, 0.717) is 5.56 Å². The van der Waals surface area contributed by atoms with Gasteiger partial charge in [-0.15, -0.1) is 0 Å². The third-order valence-electron chi connectivity index (χ3n) is 3.94. The first-order valence-corrected chi connectivity index (χ1v) is 9.81. The van der Waals surface area contributed by atoms with Crippen LogP contribution in [0.25, 0.3) is 11.3 Å². The normalized spacial score (nSPS) is 11.5. The van der Waals surface area contributed by atoms with E-state index in [9.17, 15) is 12.8 Å². The monoisotopic (exact) mass is 370 g/mol. The van der Waals surface area contributed by atoms with Crippen molar-refractivity contribution in [2.75, 3.05) is 0 Å². The Kier molecular flexibility index (Phi) is 5.44. The van der Waals surface area contributed by atoms with Crippen LogP contribution in [0.3, 0.4) is 0 Å². The second kappa shape index (κ2) is 7.76.